The minimum absolute atomic E-state index is 0.510. The van der Waals surface area contributed by atoms with Gasteiger partial charge in [0.15, 0.2) is 4.84 Å². The van der Waals surface area contributed by atoms with Crippen LogP contribution in [0.4, 0.5) is 4.39 Å². The van der Waals surface area contributed by atoms with Gasteiger partial charge in [-0.25, -0.2) is 4.39 Å². The van der Waals surface area contributed by atoms with Crippen LogP contribution in [0.3, 0.4) is 0 Å². The molecule has 0 unspecified atom stereocenters. The van der Waals surface area contributed by atoms with Crippen molar-refractivity contribution < 1.29 is 14.3 Å². The second-order valence-corrected chi connectivity index (χ2v) is 4.52. The minimum Gasteiger partial charge on any atom is -0.386 e. The van der Waals surface area contributed by atoms with E-state index in [9.17, 15) is 14.3 Å². The number of aliphatic hydroxyl groups excluding tert-OH is 1. The summed E-state index contributed by atoms with van der Waals surface area (Å²) in [6.45, 7) is -0.914. The number of benzene rings is 1. The monoisotopic (exact) mass is 279 g/mol. The fraction of sp³-hybridized carbons (Fsp3) is 0.364. The summed E-state index contributed by atoms with van der Waals surface area (Å²) in [6.07, 6.45) is -1.14. The summed E-state index contributed by atoms with van der Waals surface area (Å²) in [7, 11) is 0. The van der Waals surface area contributed by atoms with Gasteiger partial charge in [-0.05, 0) is 5.56 Å². The highest BCUT2D eigenvalue weighted by Crippen LogP contribution is 2.17. The third-order valence-electron chi connectivity index (χ3n) is 2.21. The number of rotatable bonds is 5. The Morgan fingerprint density at radius 1 is 1.35 bits per heavy atom. The van der Waals surface area contributed by atoms with Crippen molar-refractivity contribution in [3.05, 3.63) is 35.9 Å². The molecule has 0 aliphatic heterocycles. The summed E-state index contributed by atoms with van der Waals surface area (Å²) < 4.78 is 12.8. The highest BCUT2D eigenvalue weighted by atomic mass is 35.5. The van der Waals surface area contributed by atoms with Gasteiger partial charge in [0, 0.05) is 0 Å². The lowest BCUT2D eigenvalue weighted by Crippen LogP contribution is -2.43. The number of alkyl halides is 3. The first kappa shape index (κ1) is 14.2. The van der Waals surface area contributed by atoms with Crippen LogP contribution in [0.5, 0.6) is 0 Å². The molecular formula is C11H12Cl2FNO2. The number of carbonyl (C=O) groups excluding carboxylic acids is 1. The molecule has 2 atom stereocenters. The predicted octanol–water partition coefficient (Wildman–Crippen LogP) is 1.98. The third kappa shape index (κ3) is 4.15. The van der Waals surface area contributed by atoms with Gasteiger partial charge in [0.2, 0.25) is 0 Å². The summed E-state index contributed by atoms with van der Waals surface area (Å²) in [6, 6.07) is 7.40. The Bertz CT molecular complexity index is 362. The van der Waals surface area contributed by atoms with Gasteiger partial charge in [-0.3, -0.25) is 4.79 Å². The first-order chi connectivity index (χ1) is 8.06. The SMILES string of the molecule is O=C(N[C@H](CF)[C@H](O)c1ccccc1)C(Cl)Cl. The van der Waals surface area contributed by atoms with E-state index >= 15 is 0 Å². The van der Waals surface area contributed by atoms with Gasteiger partial charge in [0.25, 0.3) is 5.91 Å². The predicted molar refractivity (Wildman–Crippen MR) is 64.8 cm³/mol. The van der Waals surface area contributed by atoms with Gasteiger partial charge < -0.3 is 10.4 Å². The Hall–Kier alpha value is -0.840. The maximum atomic E-state index is 12.8. The van der Waals surface area contributed by atoms with E-state index < -0.39 is 29.6 Å². The molecule has 1 aromatic carbocycles. The summed E-state index contributed by atoms with van der Waals surface area (Å²) in [5, 5.41) is 12.1. The van der Waals surface area contributed by atoms with E-state index in [-0.39, 0.29) is 0 Å². The Morgan fingerprint density at radius 2 is 1.94 bits per heavy atom. The molecule has 1 amide bonds. The minimum atomic E-state index is -1.29. The molecule has 2 N–H and O–H groups in total. The number of halogens is 3. The standard InChI is InChI=1S/C11H12Cl2FNO2/c12-10(13)11(17)15-8(6-14)9(16)7-4-2-1-3-5-7/h1-5,8-10,16H,6H2,(H,15,17)/t8-,9-/m1/s1. The van der Waals surface area contributed by atoms with Crippen molar-refractivity contribution in [2.45, 2.75) is 17.0 Å². The molecule has 0 radical (unpaired) electrons. The van der Waals surface area contributed by atoms with E-state index in [1.807, 2.05) is 0 Å². The lowest BCUT2D eigenvalue weighted by atomic mass is 10.0. The molecule has 0 fully saturated rings. The second kappa shape index (κ2) is 6.79. The molecule has 3 nitrogen and oxygen atoms in total. The van der Waals surface area contributed by atoms with Crippen LogP contribution >= 0.6 is 23.2 Å². The lowest BCUT2D eigenvalue weighted by molar-refractivity contribution is -0.121. The van der Waals surface area contributed by atoms with Crippen molar-refractivity contribution in [3.63, 3.8) is 0 Å². The number of hydrogen-bond acceptors (Lipinski definition) is 2. The second-order valence-electron chi connectivity index (χ2n) is 3.43. The van der Waals surface area contributed by atoms with Crippen LogP contribution in [-0.4, -0.2) is 28.6 Å². The average Bonchev–Trinajstić information content (AvgIpc) is 2.35. The van der Waals surface area contributed by atoms with Crippen LogP contribution in [0, 0.1) is 0 Å². The lowest BCUT2D eigenvalue weighted by Gasteiger charge is -2.22. The molecule has 0 spiro atoms. The van der Waals surface area contributed by atoms with Gasteiger partial charge in [-0.15, -0.1) is 0 Å². The van der Waals surface area contributed by atoms with Crippen LogP contribution in [0.2, 0.25) is 0 Å². The number of carbonyl (C=O) groups is 1. The fourth-order valence-corrected chi connectivity index (χ4v) is 1.46. The van der Waals surface area contributed by atoms with E-state index in [0.717, 1.165) is 0 Å². The topological polar surface area (TPSA) is 49.3 Å². The maximum Gasteiger partial charge on any atom is 0.253 e. The Kier molecular flexibility index (Phi) is 5.68. The number of aliphatic hydroxyl groups is 1. The summed E-state index contributed by atoms with van der Waals surface area (Å²) >= 11 is 10.7. The highest BCUT2D eigenvalue weighted by molar-refractivity contribution is 6.53. The molecule has 0 aliphatic rings. The van der Waals surface area contributed by atoms with Crippen LogP contribution < -0.4 is 5.32 Å². The van der Waals surface area contributed by atoms with Crippen molar-refractivity contribution in [1.29, 1.82) is 0 Å². The Labute approximate surface area is 109 Å². The fourth-order valence-electron chi connectivity index (χ4n) is 1.33. The molecule has 0 aromatic heterocycles. The molecule has 17 heavy (non-hydrogen) atoms. The summed E-state index contributed by atoms with van der Waals surface area (Å²) in [5.74, 6) is -0.731. The van der Waals surface area contributed by atoms with Crippen molar-refractivity contribution in [2.24, 2.45) is 0 Å². The number of nitrogens with one attached hydrogen (secondary N) is 1. The molecule has 0 aliphatic carbocycles. The summed E-state index contributed by atoms with van der Waals surface area (Å²) in [5.41, 5.74) is 0.510. The Balaban J connectivity index is 2.71. The Morgan fingerprint density at radius 3 is 2.41 bits per heavy atom. The van der Waals surface area contributed by atoms with Gasteiger partial charge in [0.05, 0.1) is 6.04 Å². The maximum absolute atomic E-state index is 12.8. The van der Waals surface area contributed by atoms with Crippen molar-refractivity contribution >= 4 is 29.1 Å². The largest absolute Gasteiger partial charge is 0.386 e. The molecule has 0 heterocycles. The van der Waals surface area contributed by atoms with E-state index in [1.165, 1.54) is 0 Å². The molecule has 1 aromatic rings. The van der Waals surface area contributed by atoms with Crippen molar-refractivity contribution in [3.8, 4) is 0 Å². The normalized spacial score (nSPS) is 14.4. The quantitative estimate of drug-likeness (QED) is 0.810. The van der Waals surface area contributed by atoms with Crippen LogP contribution in [-0.2, 0) is 4.79 Å². The van der Waals surface area contributed by atoms with Crippen LogP contribution in [0.15, 0.2) is 30.3 Å². The van der Waals surface area contributed by atoms with Crippen molar-refractivity contribution in [1.82, 2.24) is 5.32 Å². The number of amides is 1. The molecule has 94 valence electrons. The van der Waals surface area contributed by atoms with E-state index in [1.54, 1.807) is 30.3 Å². The highest BCUT2D eigenvalue weighted by Gasteiger charge is 2.24. The third-order valence-corrected chi connectivity index (χ3v) is 2.61. The first-order valence-corrected chi connectivity index (χ1v) is 5.81. The zero-order valence-corrected chi connectivity index (χ0v) is 10.3. The van der Waals surface area contributed by atoms with Crippen molar-refractivity contribution in [2.75, 3.05) is 6.67 Å². The smallest absolute Gasteiger partial charge is 0.253 e. The molecule has 1 rings (SSSR count). The molecule has 0 bridgehead atoms. The van der Waals surface area contributed by atoms with Gasteiger partial charge in [-0.1, -0.05) is 53.5 Å². The van der Waals surface area contributed by atoms with Crippen LogP contribution in [0.25, 0.3) is 0 Å². The van der Waals surface area contributed by atoms with E-state index in [2.05, 4.69) is 5.32 Å². The molecule has 0 saturated heterocycles. The zero-order chi connectivity index (χ0) is 12.8. The zero-order valence-electron chi connectivity index (χ0n) is 8.82. The first-order valence-electron chi connectivity index (χ1n) is 4.93. The summed E-state index contributed by atoms with van der Waals surface area (Å²) in [4.78, 5) is 9.91. The molecular weight excluding hydrogens is 268 g/mol. The van der Waals surface area contributed by atoms with Gasteiger partial charge in [-0.2, -0.15) is 0 Å². The van der Waals surface area contributed by atoms with E-state index in [0.29, 0.717) is 5.56 Å². The molecule has 0 saturated carbocycles. The average molecular weight is 280 g/mol. The number of hydrogen-bond donors (Lipinski definition) is 2. The van der Waals surface area contributed by atoms with Gasteiger partial charge in [0.1, 0.15) is 12.8 Å². The van der Waals surface area contributed by atoms with E-state index in [4.69, 9.17) is 23.2 Å². The van der Waals surface area contributed by atoms with Crippen LogP contribution in [0.1, 0.15) is 11.7 Å². The van der Waals surface area contributed by atoms with Gasteiger partial charge >= 0.3 is 0 Å². The molecule has 6 heteroatoms.